The van der Waals surface area contributed by atoms with E-state index in [9.17, 15) is 0 Å². The number of aliphatic imine (C=N–C) groups is 1. The molecule has 1 atom stereocenters. The summed E-state index contributed by atoms with van der Waals surface area (Å²) in [6, 6.07) is 0.450. The lowest BCUT2D eigenvalue weighted by molar-refractivity contribution is 0.410. The molecule has 0 aliphatic carbocycles. The Kier molecular flexibility index (Phi) is 2.76. The van der Waals surface area contributed by atoms with Crippen LogP contribution in [0.15, 0.2) is 17.3 Å². The zero-order chi connectivity index (χ0) is 10.1. The van der Waals surface area contributed by atoms with E-state index in [4.69, 9.17) is 5.73 Å². The van der Waals surface area contributed by atoms with Gasteiger partial charge >= 0.3 is 0 Å². The first-order valence-electron chi connectivity index (χ1n) is 4.68. The van der Waals surface area contributed by atoms with Crippen molar-refractivity contribution < 1.29 is 0 Å². The summed E-state index contributed by atoms with van der Waals surface area (Å²) in [7, 11) is 1.82. The third kappa shape index (κ3) is 2.31. The number of nitrogens with two attached hydrogens (primary N) is 1. The standard InChI is InChI=1S/C10H19N3/c1-8(2)13-6-5-10(3,11)7-9(13)12-4/h5-6,8H,7,11H2,1-4H3. The maximum absolute atomic E-state index is 6.01. The summed E-state index contributed by atoms with van der Waals surface area (Å²) in [5.41, 5.74) is 5.78. The van der Waals surface area contributed by atoms with E-state index in [1.54, 1.807) is 0 Å². The van der Waals surface area contributed by atoms with E-state index in [1.165, 1.54) is 0 Å². The van der Waals surface area contributed by atoms with Crippen molar-refractivity contribution in [3.8, 4) is 0 Å². The molecule has 1 aliphatic rings. The van der Waals surface area contributed by atoms with Crippen LogP contribution in [0, 0.1) is 0 Å². The van der Waals surface area contributed by atoms with Gasteiger partial charge in [-0.15, -0.1) is 0 Å². The van der Waals surface area contributed by atoms with Crippen LogP contribution in [-0.4, -0.2) is 29.4 Å². The second-order valence-corrected chi connectivity index (χ2v) is 4.14. The maximum Gasteiger partial charge on any atom is 0.105 e. The number of hydrogen-bond donors (Lipinski definition) is 1. The van der Waals surface area contributed by atoms with Gasteiger partial charge in [0.25, 0.3) is 0 Å². The van der Waals surface area contributed by atoms with E-state index in [-0.39, 0.29) is 5.54 Å². The van der Waals surface area contributed by atoms with Crippen molar-refractivity contribution in [1.29, 1.82) is 0 Å². The van der Waals surface area contributed by atoms with Crippen molar-refractivity contribution >= 4 is 5.84 Å². The van der Waals surface area contributed by atoms with Gasteiger partial charge in [-0.05, 0) is 26.8 Å². The summed E-state index contributed by atoms with van der Waals surface area (Å²) in [4.78, 5) is 6.42. The van der Waals surface area contributed by atoms with E-state index in [0.29, 0.717) is 6.04 Å². The van der Waals surface area contributed by atoms with Crippen molar-refractivity contribution in [3.05, 3.63) is 12.3 Å². The Bertz CT molecular complexity index is 239. The van der Waals surface area contributed by atoms with E-state index >= 15 is 0 Å². The van der Waals surface area contributed by atoms with Gasteiger partial charge in [-0.3, -0.25) is 4.99 Å². The molecule has 0 saturated heterocycles. The van der Waals surface area contributed by atoms with Gasteiger partial charge in [0, 0.05) is 31.2 Å². The fraction of sp³-hybridized carbons (Fsp3) is 0.700. The molecule has 3 nitrogen and oxygen atoms in total. The highest BCUT2D eigenvalue weighted by molar-refractivity contribution is 5.85. The Morgan fingerprint density at radius 3 is 2.69 bits per heavy atom. The number of rotatable bonds is 1. The highest BCUT2D eigenvalue weighted by Crippen LogP contribution is 2.19. The third-order valence-corrected chi connectivity index (χ3v) is 2.27. The van der Waals surface area contributed by atoms with Gasteiger partial charge in [0.15, 0.2) is 0 Å². The Morgan fingerprint density at radius 1 is 1.62 bits per heavy atom. The molecule has 0 saturated carbocycles. The summed E-state index contributed by atoms with van der Waals surface area (Å²) < 4.78 is 0. The van der Waals surface area contributed by atoms with E-state index in [2.05, 4.69) is 23.7 Å². The second kappa shape index (κ2) is 3.50. The first-order valence-corrected chi connectivity index (χ1v) is 4.68. The lowest BCUT2D eigenvalue weighted by Gasteiger charge is -2.35. The lowest BCUT2D eigenvalue weighted by atomic mass is 9.95. The molecule has 2 N–H and O–H groups in total. The summed E-state index contributed by atoms with van der Waals surface area (Å²) in [6.45, 7) is 6.32. The van der Waals surface area contributed by atoms with Gasteiger partial charge in [0.2, 0.25) is 0 Å². The molecule has 0 bridgehead atoms. The van der Waals surface area contributed by atoms with Gasteiger partial charge in [-0.25, -0.2) is 0 Å². The topological polar surface area (TPSA) is 41.6 Å². The molecule has 1 rings (SSSR count). The molecule has 1 aliphatic heterocycles. The van der Waals surface area contributed by atoms with Crippen LogP contribution in [0.5, 0.6) is 0 Å². The van der Waals surface area contributed by atoms with Gasteiger partial charge in [-0.2, -0.15) is 0 Å². The minimum atomic E-state index is -0.236. The molecule has 0 spiro atoms. The average molecular weight is 181 g/mol. The van der Waals surface area contributed by atoms with Gasteiger partial charge in [-0.1, -0.05) is 0 Å². The van der Waals surface area contributed by atoms with Crippen LogP contribution in [-0.2, 0) is 0 Å². The molecule has 0 amide bonds. The minimum Gasteiger partial charge on any atom is -0.334 e. The van der Waals surface area contributed by atoms with Crippen LogP contribution in [0.2, 0.25) is 0 Å². The lowest BCUT2D eigenvalue weighted by Crippen LogP contribution is -2.46. The van der Waals surface area contributed by atoms with Crippen LogP contribution in [0.1, 0.15) is 27.2 Å². The molecule has 13 heavy (non-hydrogen) atoms. The molecular weight excluding hydrogens is 162 g/mol. The minimum absolute atomic E-state index is 0.236. The summed E-state index contributed by atoms with van der Waals surface area (Å²) in [5, 5.41) is 0. The average Bonchev–Trinajstić information content (AvgIpc) is 2.01. The first-order chi connectivity index (χ1) is 5.96. The molecule has 0 fully saturated rings. The number of amidine groups is 1. The quantitative estimate of drug-likeness (QED) is 0.663. The molecule has 0 radical (unpaired) electrons. The maximum atomic E-state index is 6.01. The smallest absolute Gasteiger partial charge is 0.105 e. The molecule has 0 aromatic carbocycles. The normalized spacial score (nSPS) is 31.8. The molecule has 3 heteroatoms. The fourth-order valence-corrected chi connectivity index (χ4v) is 1.49. The predicted octanol–water partition coefficient (Wildman–Crippen LogP) is 1.36. The van der Waals surface area contributed by atoms with Crippen molar-refractivity contribution in [2.45, 2.75) is 38.8 Å². The Hall–Kier alpha value is -0.830. The van der Waals surface area contributed by atoms with Crippen molar-refractivity contribution in [2.75, 3.05) is 7.05 Å². The molecule has 0 aromatic rings. The van der Waals surface area contributed by atoms with Crippen molar-refractivity contribution in [1.82, 2.24) is 4.90 Å². The monoisotopic (exact) mass is 181 g/mol. The molecule has 1 unspecified atom stereocenters. The Morgan fingerprint density at radius 2 is 2.23 bits per heavy atom. The molecule has 74 valence electrons. The van der Waals surface area contributed by atoms with Gasteiger partial charge < -0.3 is 10.6 Å². The van der Waals surface area contributed by atoms with E-state index < -0.39 is 0 Å². The van der Waals surface area contributed by atoms with Crippen LogP contribution < -0.4 is 5.73 Å². The molecule has 0 aromatic heterocycles. The summed E-state index contributed by atoms with van der Waals surface area (Å²) in [5.74, 6) is 1.07. The van der Waals surface area contributed by atoms with Crippen LogP contribution in [0.3, 0.4) is 0 Å². The van der Waals surface area contributed by atoms with Gasteiger partial charge in [0.05, 0.1) is 0 Å². The molecule has 1 heterocycles. The fourth-order valence-electron chi connectivity index (χ4n) is 1.49. The summed E-state index contributed by atoms with van der Waals surface area (Å²) in [6.07, 6.45) is 4.90. The zero-order valence-electron chi connectivity index (χ0n) is 8.91. The first kappa shape index (κ1) is 10.3. The van der Waals surface area contributed by atoms with Gasteiger partial charge in [0.1, 0.15) is 5.84 Å². The third-order valence-electron chi connectivity index (χ3n) is 2.27. The summed E-state index contributed by atoms with van der Waals surface area (Å²) >= 11 is 0. The second-order valence-electron chi connectivity index (χ2n) is 4.14. The highest BCUT2D eigenvalue weighted by atomic mass is 15.2. The zero-order valence-corrected chi connectivity index (χ0v) is 8.91. The SMILES string of the molecule is CN=C1CC(C)(N)C=CN1C(C)C. The predicted molar refractivity (Wildman–Crippen MR) is 56.7 cm³/mol. The largest absolute Gasteiger partial charge is 0.334 e. The molecular formula is C10H19N3. The van der Waals surface area contributed by atoms with E-state index in [1.807, 2.05) is 26.2 Å². The van der Waals surface area contributed by atoms with E-state index in [0.717, 1.165) is 12.3 Å². The van der Waals surface area contributed by atoms with Crippen LogP contribution in [0.25, 0.3) is 0 Å². The number of hydrogen-bond acceptors (Lipinski definition) is 2. The number of nitrogens with zero attached hydrogens (tertiary/aromatic N) is 2. The Balaban J connectivity index is 2.90. The Labute approximate surface area is 80.3 Å². The van der Waals surface area contributed by atoms with Crippen LogP contribution in [0.4, 0.5) is 0 Å². The van der Waals surface area contributed by atoms with Crippen LogP contribution >= 0.6 is 0 Å². The van der Waals surface area contributed by atoms with Crippen molar-refractivity contribution in [2.24, 2.45) is 10.7 Å². The highest BCUT2D eigenvalue weighted by Gasteiger charge is 2.26. The van der Waals surface area contributed by atoms with Crippen molar-refractivity contribution in [3.63, 3.8) is 0 Å².